The van der Waals surface area contributed by atoms with Crippen LogP contribution in [0.5, 0.6) is 11.5 Å². The number of ether oxygens (including phenoxy) is 2. The molecule has 0 fully saturated rings. The average molecular weight is 538 g/mol. The van der Waals surface area contributed by atoms with Crippen molar-refractivity contribution in [2.24, 2.45) is 11.6 Å². The maximum absolute atomic E-state index is 10.2. The van der Waals surface area contributed by atoms with E-state index < -0.39 is 12.2 Å². The third-order valence-electron chi connectivity index (χ3n) is 6.05. The lowest BCUT2D eigenvalue weighted by Crippen LogP contribution is -2.40. The minimum absolute atomic E-state index is 0.0482. The fraction of sp³-hybridized carbons (Fsp3) is 0.500. The molecule has 7 N–H and O–H groups in total. The van der Waals surface area contributed by atoms with Crippen molar-refractivity contribution in [3.63, 3.8) is 0 Å². The Balaban J connectivity index is 0.00000334. The molecule has 0 radical (unpaired) electrons. The third-order valence-corrected chi connectivity index (χ3v) is 6.34. The van der Waals surface area contributed by atoms with Gasteiger partial charge in [-0.3, -0.25) is 0 Å². The third kappa shape index (κ3) is 9.72. The Morgan fingerprint density at radius 1 is 1.00 bits per heavy atom. The number of hydrogen-bond donors (Lipinski definition) is 5. The molecule has 37 heavy (non-hydrogen) atoms. The van der Waals surface area contributed by atoms with Gasteiger partial charge in [-0.2, -0.15) is 0 Å². The minimum atomic E-state index is -0.848. The average Bonchev–Trinajstić information content (AvgIpc) is 2.91. The van der Waals surface area contributed by atoms with Crippen molar-refractivity contribution in [3.8, 4) is 11.5 Å². The van der Waals surface area contributed by atoms with Gasteiger partial charge in [-0.1, -0.05) is 64.4 Å². The highest BCUT2D eigenvalue weighted by atomic mass is 35.5. The van der Waals surface area contributed by atoms with Crippen LogP contribution in [0.2, 0.25) is 5.02 Å². The first-order valence-electron chi connectivity index (χ1n) is 12.6. The number of hydrazine groups is 1. The maximum Gasteiger partial charge on any atom is 0.138 e. The van der Waals surface area contributed by atoms with Crippen LogP contribution in [0.1, 0.15) is 59.1 Å². The van der Waals surface area contributed by atoms with Crippen molar-refractivity contribution in [3.05, 3.63) is 70.0 Å². The number of nitrogens with two attached hydrogens (primary N) is 2. The summed E-state index contributed by atoms with van der Waals surface area (Å²) >= 11 is 6.44. The van der Waals surface area contributed by atoms with Gasteiger partial charge in [0.25, 0.3) is 0 Å². The second-order valence-corrected chi connectivity index (χ2v) is 9.46. The molecule has 0 saturated carbocycles. The highest BCUT2D eigenvalue weighted by Gasteiger charge is 2.24. The number of benzene rings is 2. The molecule has 0 heterocycles. The summed E-state index contributed by atoms with van der Waals surface area (Å²) < 4.78 is 11.3. The van der Waals surface area contributed by atoms with E-state index >= 15 is 0 Å². The Morgan fingerprint density at radius 3 is 2.11 bits per heavy atom. The summed E-state index contributed by atoms with van der Waals surface area (Å²) in [6.07, 6.45) is -0.757. The van der Waals surface area contributed by atoms with E-state index in [-0.39, 0.29) is 37.5 Å². The normalized spacial score (nSPS) is 13.6. The second-order valence-electron chi connectivity index (χ2n) is 9.05. The summed E-state index contributed by atoms with van der Waals surface area (Å²) in [6.45, 7) is 11.8. The van der Waals surface area contributed by atoms with Crippen LogP contribution in [0.4, 0.5) is 0 Å². The fourth-order valence-corrected chi connectivity index (χ4v) is 3.59. The molecule has 0 amide bonds. The number of rotatable bonds is 13. The Hall–Kier alpha value is -2.49. The largest absolute Gasteiger partial charge is 0.491 e. The van der Waals surface area contributed by atoms with Gasteiger partial charge in [0, 0.05) is 11.1 Å². The molecule has 2 atom stereocenters. The van der Waals surface area contributed by atoms with E-state index in [4.69, 9.17) is 37.8 Å². The molecule has 0 bridgehead atoms. The van der Waals surface area contributed by atoms with Crippen LogP contribution in [0.25, 0.3) is 0 Å². The SMILES string of the molecule is CC.CCC(O)COc1ccc(C(C)(C)c2ccc(OCC(O)CN(N)/C(C)=C(\N)CO)cc2)cc1Cl. The Labute approximate surface area is 226 Å². The predicted molar refractivity (Wildman–Crippen MR) is 150 cm³/mol. The summed E-state index contributed by atoms with van der Waals surface area (Å²) in [6, 6.07) is 13.3. The van der Waals surface area contributed by atoms with E-state index in [0.29, 0.717) is 28.6 Å². The summed E-state index contributed by atoms with van der Waals surface area (Å²) in [5.41, 5.74) is 8.15. The molecule has 9 heteroatoms. The zero-order valence-corrected chi connectivity index (χ0v) is 23.6. The summed E-state index contributed by atoms with van der Waals surface area (Å²) in [5.74, 6) is 7.04. The molecular formula is C28H44ClN3O5. The van der Waals surface area contributed by atoms with Gasteiger partial charge in [0.15, 0.2) is 0 Å². The lowest BCUT2D eigenvalue weighted by Gasteiger charge is -2.27. The number of halogens is 1. The van der Waals surface area contributed by atoms with Gasteiger partial charge < -0.3 is 35.5 Å². The number of aliphatic hydroxyl groups excluding tert-OH is 3. The number of aliphatic hydroxyl groups is 3. The maximum atomic E-state index is 10.2. The monoisotopic (exact) mass is 537 g/mol. The lowest BCUT2D eigenvalue weighted by molar-refractivity contribution is 0.0779. The van der Waals surface area contributed by atoms with Gasteiger partial charge in [-0.15, -0.1) is 0 Å². The summed E-state index contributed by atoms with van der Waals surface area (Å²) in [4.78, 5) is 0. The van der Waals surface area contributed by atoms with Gasteiger partial charge in [0.05, 0.1) is 30.0 Å². The van der Waals surface area contributed by atoms with E-state index in [9.17, 15) is 10.2 Å². The number of allylic oxidation sites excluding steroid dienone is 1. The van der Waals surface area contributed by atoms with Gasteiger partial charge in [-0.05, 0) is 48.7 Å². The molecule has 2 rings (SSSR count). The van der Waals surface area contributed by atoms with E-state index in [2.05, 4.69) is 13.8 Å². The smallest absolute Gasteiger partial charge is 0.138 e. The highest BCUT2D eigenvalue weighted by molar-refractivity contribution is 6.32. The van der Waals surface area contributed by atoms with Crippen molar-refractivity contribution in [2.75, 3.05) is 26.4 Å². The quantitative estimate of drug-likeness (QED) is 0.191. The van der Waals surface area contributed by atoms with Gasteiger partial charge >= 0.3 is 0 Å². The molecule has 0 spiro atoms. The molecule has 208 valence electrons. The van der Waals surface area contributed by atoms with E-state index in [0.717, 1.165) is 11.1 Å². The van der Waals surface area contributed by atoms with Crippen LogP contribution < -0.4 is 21.1 Å². The second kappa shape index (κ2) is 15.7. The van der Waals surface area contributed by atoms with E-state index in [1.807, 2.05) is 63.2 Å². The predicted octanol–water partition coefficient (Wildman–Crippen LogP) is 3.94. The lowest BCUT2D eigenvalue weighted by atomic mass is 9.78. The Morgan fingerprint density at radius 2 is 1.57 bits per heavy atom. The minimum Gasteiger partial charge on any atom is -0.491 e. The molecule has 0 saturated heterocycles. The molecule has 0 aliphatic rings. The summed E-state index contributed by atoms with van der Waals surface area (Å²) in [5, 5.41) is 30.8. The molecule has 2 unspecified atom stereocenters. The van der Waals surface area contributed by atoms with Crippen LogP contribution in [0.3, 0.4) is 0 Å². The molecule has 2 aromatic carbocycles. The van der Waals surface area contributed by atoms with Crippen molar-refractivity contribution in [1.82, 2.24) is 5.01 Å². The zero-order valence-electron chi connectivity index (χ0n) is 22.9. The fourth-order valence-electron chi connectivity index (χ4n) is 3.35. The van der Waals surface area contributed by atoms with E-state index in [1.54, 1.807) is 6.92 Å². The molecule has 2 aromatic rings. The molecular weight excluding hydrogens is 494 g/mol. The molecule has 0 aliphatic carbocycles. The van der Waals surface area contributed by atoms with Gasteiger partial charge in [0.2, 0.25) is 0 Å². The number of nitrogens with zero attached hydrogens (tertiary/aromatic N) is 1. The summed E-state index contributed by atoms with van der Waals surface area (Å²) in [7, 11) is 0. The topological polar surface area (TPSA) is 134 Å². The highest BCUT2D eigenvalue weighted by Crippen LogP contribution is 2.36. The standard InChI is InChI=1S/C26H38ClN3O5.C2H6/c1-5-20(32)15-35-25-11-8-19(12-23(25)27)26(3,4)18-6-9-22(10-7-18)34-16-21(33)13-30(29)17(2)24(28)14-31;1-2/h6-12,20-21,31-33H,5,13-16,28-29H2,1-4H3;1-2H3/b24-17-;. The first-order valence-corrected chi connectivity index (χ1v) is 13.0. The van der Waals surface area contributed by atoms with Crippen LogP contribution >= 0.6 is 11.6 Å². The van der Waals surface area contributed by atoms with Gasteiger partial charge in [-0.25, -0.2) is 5.84 Å². The first kappa shape index (κ1) is 32.5. The molecule has 0 aromatic heterocycles. The molecule has 8 nitrogen and oxygen atoms in total. The van der Waals surface area contributed by atoms with Crippen molar-refractivity contribution >= 4 is 11.6 Å². The first-order chi connectivity index (χ1) is 17.5. The zero-order chi connectivity index (χ0) is 28.2. The number of hydrogen-bond acceptors (Lipinski definition) is 8. The van der Waals surface area contributed by atoms with Crippen LogP contribution in [0.15, 0.2) is 53.9 Å². The van der Waals surface area contributed by atoms with Crippen molar-refractivity contribution in [1.29, 1.82) is 0 Å². The Bertz CT molecular complexity index is 982. The Kier molecular flexibility index (Phi) is 13.8. The molecule has 0 aliphatic heterocycles. The van der Waals surface area contributed by atoms with E-state index in [1.165, 1.54) is 5.01 Å². The van der Waals surface area contributed by atoms with Gasteiger partial charge in [0.1, 0.15) is 30.8 Å². The van der Waals surface area contributed by atoms with Crippen LogP contribution in [0, 0.1) is 0 Å². The van der Waals surface area contributed by atoms with Crippen molar-refractivity contribution in [2.45, 2.75) is 65.6 Å². The van der Waals surface area contributed by atoms with Crippen LogP contribution in [-0.4, -0.2) is 58.9 Å². The van der Waals surface area contributed by atoms with Crippen molar-refractivity contribution < 1.29 is 24.8 Å². The van der Waals surface area contributed by atoms with Crippen LogP contribution in [-0.2, 0) is 5.41 Å².